The summed E-state index contributed by atoms with van der Waals surface area (Å²) in [4.78, 5) is 12.5. The summed E-state index contributed by atoms with van der Waals surface area (Å²) in [7, 11) is -4.08. The van der Waals surface area contributed by atoms with Crippen molar-refractivity contribution in [2.75, 3.05) is 16.8 Å². The quantitative estimate of drug-likeness (QED) is 0.643. The minimum absolute atomic E-state index is 0.0748. The Labute approximate surface area is 172 Å². The molecule has 30 heavy (non-hydrogen) atoms. The van der Waals surface area contributed by atoms with E-state index in [1.165, 1.54) is 24.3 Å². The molecule has 0 radical (unpaired) electrons. The SMILES string of the molecule is Cc1ccc(NC(=O)c2ccc3c(c2)OCO3)cc1S(=O)(=O)Nc1ccccc1F. The van der Waals surface area contributed by atoms with Gasteiger partial charge in [-0.3, -0.25) is 9.52 Å². The summed E-state index contributed by atoms with van der Waals surface area (Å²) in [6.07, 6.45) is 0. The Balaban J connectivity index is 1.58. The molecule has 2 N–H and O–H groups in total. The maximum Gasteiger partial charge on any atom is 0.262 e. The fourth-order valence-corrected chi connectivity index (χ4v) is 4.29. The first-order valence-corrected chi connectivity index (χ1v) is 10.4. The Morgan fingerprint density at radius 3 is 2.57 bits per heavy atom. The van der Waals surface area contributed by atoms with Crippen LogP contribution in [0.2, 0.25) is 0 Å². The number of fused-ring (bicyclic) bond motifs is 1. The summed E-state index contributed by atoms with van der Waals surface area (Å²) in [5, 5.41) is 2.66. The van der Waals surface area contributed by atoms with Crippen LogP contribution in [0.1, 0.15) is 15.9 Å². The van der Waals surface area contributed by atoms with Crippen molar-refractivity contribution in [3.8, 4) is 11.5 Å². The normalized spacial score (nSPS) is 12.5. The number of anilines is 2. The Hall–Kier alpha value is -3.59. The molecule has 3 aromatic rings. The largest absolute Gasteiger partial charge is 0.454 e. The molecule has 1 aliphatic rings. The second-order valence-corrected chi connectivity index (χ2v) is 8.24. The molecule has 0 aliphatic carbocycles. The van der Waals surface area contributed by atoms with Crippen molar-refractivity contribution < 1.29 is 27.1 Å². The highest BCUT2D eigenvalue weighted by Gasteiger charge is 2.20. The molecule has 1 amide bonds. The lowest BCUT2D eigenvalue weighted by molar-refractivity contribution is 0.102. The van der Waals surface area contributed by atoms with Gasteiger partial charge in [0.05, 0.1) is 10.6 Å². The van der Waals surface area contributed by atoms with E-state index < -0.39 is 21.7 Å². The predicted octanol–water partition coefficient (Wildman–Crippen LogP) is 3.92. The number of para-hydroxylation sites is 1. The van der Waals surface area contributed by atoms with Gasteiger partial charge in [0.15, 0.2) is 11.5 Å². The van der Waals surface area contributed by atoms with Gasteiger partial charge in [-0.05, 0) is 55.0 Å². The third-order valence-corrected chi connectivity index (χ3v) is 6.00. The van der Waals surface area contributed by atoms with Crippen LogP contribution in [-0.2, 0) is 10.0 Å². The number of benzene rings is 3. The van der Waals surface area contributed by atoms with Crippen molar-refractivity contribution in [1.29, 1.82) is 0 Å². The van der Waals surface area contributed by atoms with E-state index in [1.807, 2.05) is 0 Å². The van der Waals surface area contributed by atoms with Gasteiger partial charge >= 0.3 is 0 Å². The van der Waals surface area contributed by atoms with Crippen LogP contribution in [0.4, 0.5) is 15.8 Å². The van der Waals surface area contributed by atoms with Gasteiger partial charge in [0.2, 0.25) is 6.79 Å². The van der Waals surface area contributed by atoms with Crippen LogP contribution >= 0.6 is 0 Å². The number of ether oxygens (including phenoxy) is 2. The number of sulfonamides is 1. The summed E-state index contributed by atoms with van der Waals surface area (Å²) in [6, 6.07) is 14.7. The predicted molar refractivity (Wildman–Crippen MR) is 109 cm³/mol. The summed E-state index contributed by atoms with van der Waals surface area (Å²) < 4.78 is 52.2. The Bertz CT molecular complexity index is 1240. The highest BCUT2D eigenvalue weighted by Crippen LogP contribution is 2.33. The number of rotatable bonds is 5. The van der Waals surface area contributed by atoms with Crippen LogP contribution in [-0.4, -0.2) is 21.1 Å². The van der Waals surface area contributed by atoms with Gasteiger partial charge in [0, 0.05) is 11.3 Å². The summed E-state index contributed by atoms with van der Waals surface area (Å²) in [5.74, 6) is -0.119. The lowest BCUT2D eigenvalue weighted by Gasteiger charge is -2.13. The van der Waals surface area contributed by atoms with Gasteiger partial charge in [0.25, 0.3) is 15.9 Å². The second kappa shape index (κ2) is 7.68. The number of hydrogen-bond acceptors (Lipinski definition) is 5. The second-order valence-electron chi connectivity index (χ2n) is 6.59. The van der Waals surface area contributed by atoms with E-state index in [-0.39, 0.29) is 23.1 Å². The van der Waals surface area contributed by atoms with Crippen LogP contribution in [0.25, 0.3) is 0 Å². The van der Waals surface area contributed by atoms with E-state index in [1.54, 1.807) is 37.3 Å². The molecule has 0 spiro atoms. The van der Waals surface area contributed by atoms with E-state index in [9.17, 15) is 17.6 Å². The molecule has 9 heteroatoms. The standard InChI is InChI=1S/C21H17FN2O5S/c1-13-6-8-15(23-21(25)14-7-9-18-19(10-14)29-12-28-18)11-20(13)30(26,27)24-17-5-3-2-4-16(17)22/h2-11,24H,12H2,1H3,(H,23,25). The molecule has 0 saturated carbocycles. The molecule has 7 nitrogen and oxygen atoms in total. The van der Waals surface area contributed by atoms with Crippen LogP contribution in [0.3, 0.4) is 0 Å². The smallest absolute Gasteiger partial charge is 0.262 e. The first-order valence-electron chi connectivity index (χ1n) is 8.92. The number of carbonyl (C=O) groups is 1. The van der Waals surface area contributed by atoms with E-state index in [4.69, 9.17) is 9.47 Å². The van der Waals surface area contributed by atoms with E-state index >= 15 is 0 Å². The highest BCUT2D eigenvalue weighted by molar-refractivity contribution is 7.92. The first-order chi connectivity index (χ1) is 14.3. The van der Waals surface area contributed by atoms with Gasteiger partial charge < -0.3 is 14.8 Å². The van der Waals surface area contributed by atoms with Gasteiger partial charge in [0.1, 0.15) is 5.82 Å². The molecule has 0 fully saturated rings. The number of hydrogen-bond donors (Lipinski definition) is 2. The van der Waals surface area contributed by atoms with Crippen LogP contribution in [0.5, 0.6) is 11.5 Å². The molecule has 1 heterocycles. The van der Waals surface area contributed by atoms with Crippen molar-refractivity contribution in [3.63, 3.8) is 0 Å². The van der Waals surface area contributed by atoms with E-state index in [0.29, 0.717) is 22.6 Å². The number of nitrogens with one attached hydrogen (secondary N) is 2. The van der Waals surface area contributed by atoms with Gasteiger partial charge in [-0.15, -0.1) is 0 Å². The summed E-state index contributed by atoms with van der Waals surface area (Å²) in [5.41, 5.74) is 0.887. The Morgan fingerprint density at radius 1 is 1.00 bits per heavy atom. The molecular formula is C21H17FN2O5S. The molecule has 0 saturated heterocycles. The molecule has 1 aliphatic heterocycles. The maximum atomic E-state index is 13.9. The van der Waals surface area contributed by atoms with Crippen molar-refractivity contribution in [3.05, 3.63) is 77.6 Å². The zero-order valence-corrected chi connectivity index (χ0v) is 16.6. The monoisotopic (exact) mass is 428 g/mol. The zero-order chi connectivity index (χ0) is 21.3. The average Bonchev–Trinajstić information content (AvgIpc) is 3.19. The third kappa shape index (κ3) is 3.92. The number of halogens is 1. The minimum Gasteiger partial charge on any atom is -0.454 e. The van der Waals surface area contributed by atoms with Gasteiger partial charge in [-0.1, -0.05) is 18.2 Å². The summed E-state index contributed by atoms with van der Waals surface area (Å²) in [6.45, 7) is 1.70. The molecule has 0 unspecified atom stereocenters. The fourth-order valence-electron chi connectivity index (χ4n) is 2.95. The number of aryl methyl sites for hydroxylation is 1. The average molecular weight is 428 g/mol. The van der Waals surface area contributed by atoms with Crippen LogP contribution < -0.4 is 19.5 Å². The van der Waals surface area contributed by atoms with Gasteiger partial charge in [-0.25, -0.2) is 12.8 Å². The zero-order valence-electron chi connectivity index (χ0n) is 15.8. The van der Waals surface area contributed by atoms with Crippen molar-refractivity contribution in [1.82, 2.24) is 0 Å². The van der Waals surface area contributed by atoms with Crippen LogP contribution in [0, 0.1) is 12.7 Å². The van der Waals surface area contributed by atoms with E-state index in [0.717, 1.165) is 6.07 Å². The van der Waals surface area contributed by atoms with Crippen LogP contribution in [0.15, 0.2) is 65.6 Å². The molecule has 4 rings (SSSR count). The van der Waals surface area contributed by atoms with Crippen molar-refractivity contribution in [2.24, 2.45) is 0 Å². The fraction of sp³-hybridized carbons (Fsp3) is 0.0952. The molecule has 3 aromatic carbocycles. The Morgan fingerprint density at radius 2 is 1.77 bits per heavy atom. The molecule has 154 valence electrons. The molecule has 0 atom stereocenters. The third-order valence-electron chi connectivity index (χ3n) is 4.49. The Kier molecular flexibility index (Phi) is 5.04. The van der Waals surface area contributed by atoms with Crippen molar-refractivity contribution in [2.45, 2.75) is 11.8 Å². The number of carbonyl (C=O) groups excluding carboxylic acids is 1. The number of amides is 1. The van der Waals surface area contributed by atoms with E-state index in [2.05, 4.69) is 10.0 Å². The van der Waals surface area contributed by atoms with Crippen molar-refractivity contribution >= 4 is 27.3 Å². The topological polar surface area (TPSA) is 93.7 Å². The maximum absolute atomic E-state index is 13.9. The summed E-state index contributed by atoms with van der Waals surface area (Å²) >= 11 is 0. The molecular weight excluding hydrogens is 411 g/mol. The molecule has 0 aromatic heterocycles. The first kappa shape index (κ1) is 19.7. The molecule has 0 bridgehead atoms. The minimum atomic E-state index is -4.08. The van der Waals surface area contributed by atoms with Gasteiger partial charge in [-0.2, -0.15) is 0 Å². The lowest BCUT2D eigenvalue weighted by atomic mass is 10.1. The lowest BCUT2D eigenvalue weighted by Crippen LogP contribution is -2.17. The highest BCUT2D eigenvalue weighted by atomic mass is 32.2.